The van der Waals surface area contributed by atoms with E-state index < -0.39 is 15.8 Å². The molecule has 0 heterocycles. The van der Waals surface area contributed by atoms with Gasteiger partial charge in [0.1, 0.15) is 0 Å². The Morgan fingerprint density at radius 2 is 1.79 bits per heavy atom. The number of carboxylic acid groups (broad SMARTS) is 1. The zero-order valence-electron chi connectivity index (χ0n) is 7.60. The fourth-order valence-corrected chi connectivity index (χ4v) is 1.84. The Bertz CT molecular complexity index is 430. The predicted octanol–water partition coefficient (Wildman–Crippen LogP) is 0.929. The molecule has 1 aromatic rings. The van der Waals surface area contributed by atoms with Gasteiger partial charge in [0.15, 0.2) is 9.84 Å². The summed E-state index contributed by atoms with van der Waals surface area (Å²) in [7, 11) is -3.06. The van der Waals surface area contributed by atoms with Crippen LogP contribution in [-0.2, 0) is 15.6 Å². The molecule has 0 aromatic heterocycles. The van der Waals surface area contributed by atoms with Crippen LogP contribution < -0.4 is 0 Å². The Balaban J connectivity index is 2.90. The third-order valence-corrected chi connectivity index (χ3v) is 2.49. The highest BCUT2D eigenvalue weighted by Crippen LogP contribution is 2.07. The second kappa shape index (κ2) is 3.79. The fraction of sp³-hybridized carbons (Fsp3) is 0.222. The van der Waals surface area contributed by atoms with Gasteiger partial charge in [0.05, 0.1) is 11.3 Å². The van der Waals surface area contributed by atoms with E-state index in [1.807, 2.05) is 0 Å². The molecule has 1 rings (SSSR count). The van der Waals surface area contributed by atoms with Gasteiger partial charge < -0.3 is 5.11 Å². The second-order valence-electron chi connectivity index (χ2n) is 3.07. The fourth-order valence-electron chi connectivity index (χ4n) is 1.05. The normalized spacial score (nSPS) is 11.2. The van der Waals surface area contributed by atoms with E-state index in [9.17, 15) is 13.2 Å². The van der Waals surface area contributed by atoms with Crippen molar-refractivity contribution in [3.8, 4) is 0 Å². The maximum absolute atomic E-state index is 10.9. The Morgan fingerprint density at radius 1 is 1.29 bits per heavy atom. The molecule has 0 fully saturated rings. The van der Waals surface area contributed by atoms with Crippen molar-refractivity contribution in [3.63, 3.8) is 0 Å². The number of benzene rings is 1. The molecule has 1 N–H and O–H groups in total. The van der Waals surface area contributed by atoms with Gasteiger partial charge in [-0.3, -0.25) is 0 Å². The topological polar surface area (TPSA) is 71.4 Å². The molecule has 0 radical (unpaired) electrons. The molecule has 0 amide bonds. The van der Waals surface area contributed by atoms with Gasteiger partial charge in [0.2, 0.25) is 0 Å². The molecule has 0 atom stereocenters. The number of hydrogen-bond donors (Lipinski definition) is 1. The van der Waals surface area contributed by atoms with Crippen molar-refractivity contribution in [1.82, 2.24) is 0 Å². The minimum atomic E-state index is -3.06. The van der Waals surface area contributed by atoms with Crippen molar-refractivity contribution in [2.75, 3.05) is 6.26 Å². The summed E-state index contributed by atoms with van der Waals surface area (Å²) in [5, 5.41) is 8.59. The molecular weight excluding hydrogens is 204 g/mol. The summed E-state index contributed by atoms with van der Waals surface area (Å²) in [4.78, 5) is 10.5. The van der Waals surface area contributed by atoms with Crippen LogP contribution in [0.1, 0.15) is 15.9 Å². The summed E-state index contributed by atoms with van der Waals surface area (Å²) < 4.78 is 21.8. The van der Waals surface area contributed by atoms with Gasteiger partial charge in [-0.05, 0) is 17.7 Å². The Labute approximate surface area is 82.1 Å². The van der Waals surface area contributed by atoms with E-state index in [1.54, 1.807) is 0 Å². The highest BCUT2D eigenvalue weighted by atomic mass is 32.2. The Kier molecular flexibility index (Phi) is 2.90. The quantitative estimate of drug-likeness (QED) is 0.812. The van der Waals surface area contributed by atoms with Gasteiger partial charge >= 0.3 is 5.97 Å². The van der Waals surface area contributed by atoms with Crippen LogP contribution in [-0.4, -0.2) is 25.7 Å². The first kappa shape index (κ1) is 10.7. The first-order valence-electron chi connectivity index (χ1n) is 3.88. The Hall–Kier alpha value is -1.36. The lowest BCUT2D eigenvalue weighted by Gasteiger charge is -1.99. The second-order valence-corrected chi connectivity index (χ2v) is 5.21. The lowest BCUT2D eigenvalue weighted by Crippen LogP contribution is -2.01. The first-order chi connectivity index (χ1) is 6.38. The van der Waals surface area contributed by atoms with Crippen LogP contribution in [0.5, 0.6) is 0 Å². The first-order valence-corrected chi connectivity index (χ1v) is 5.94. The molecule has 0 spiro atoms. The molecule has 0 saturated carbocycles. The molecule has 1 aromatic carbocycles. The number of sulfone groups is 1. The van der Waals surface area contributed by atoms with Gasteiger partial charge in [-0.1, -0.05) is 12.1 Å². The van der Waals surface area contributed by atoms with E-state index in [1.165, 1.54) is 24.3 Å². The average molecular weight is 214 g/mol. The molecule has 0 bridgehead atoms. The van der Waals surface area contributed by atoms with Crippen molar-refractivity contribution in [3.05, 3.63) is 35.4 Å². The number of rotatable bonds is 3. The van der Waals surface area contributed by atoms with E-state index >= 15 is 0 Å². The van der Waals surface area contributed by atoms with Gasteiger partial charge in [0.25, 0.3) is 0 Å². The molecule has 4 nitrogen and oxygen atoms in total. The molecule has 76 valence electrons. The largest absolute Gasteiger partial charge is 0.478 e. The van der Waals surface area contributed by atoms with Gasteiger partial charge in [0, 0.05) is 6.26 Å². The highest BCUT2D eigenvalue weighted by molar-refractivity contribution is 7.89. The van der Waals surface area contributed by atoms with Crippen molar-refractivity contribution in [2.45, 2.75) is 5.75 Å². The molecule has 0 saturated heterocycles. The van der Waals surface area contributed by atoms with Crippen LogP contribution in [0.3, 0.4) is 0 Å². The smallest absolute Gasteiger partial charge is 0.335 e. The van der Waals surface area contributed by atoms with E-state index in [-0.39, 0.29) is 11.3 Å². The molecule has 14 heavy (non-hydrogen) atoms. The molecule has 0 unspecified atom stereocenters. The van der Waals surface area contributed by atoms with E-state index in [4.69, 9.17) is 5.11 Å². The van der Waals surface area contributed by atoms with Gasteiger partial charge in [-0.15, -0.1) is 0 Å². The number of hydrogen-bond acceptors (Lipinski definition) is 3. The number of aromatic carboxylic acids is 1. The summed E-state index contributed by atoms with van der Waals surface area (Å²) in [6, 6.07) is 5.79. The maximum Gasteiger partial charge on any atom is 0.335 e. The van der Waals surface area contributed by atoms with Gasteiger partial charge in [-0.25, -0.2) is 13.2 Å². The van der Waals surface area contributed by atoms with E-state index in [0.717, 1.165) is 6.26 Å². The standard InChI is InChI=1S/C9H10O4S/c1-14(12,13)6-7-2-4-8(5-3-7)9(10)11/h2-5H,6H2,1H3,(H,10,11). The summed E-state index contributed by atoms with van der Waals surface area (Å²) in [5.41, 5.74) is 0.750. The summed E-state index contributed by atoms with van der Waals surface area (Å²) >= 11 is 0. The molecule has 0 aliphatic carbocycles. The molecular formula is C9H10O4S. The van der Waals surface area contributed by atoms with Crippen molar-refractivity contribution in [2.24, 2.45) is 0 Å². The minimum absolute atomic E-state index is 0.0626. The van der Waals surface area contributed by atoms with Crippen LogP contribution in [0.25, 0.3) is 0 Å². The predicted molar refractivity (Wildman–Crippen MR) is 51.9 cm³/mol. The van der Waals surface area contributed by atoms with Crippen LogP contribution in [0.4, 0.5) is 0 Å². The van der Waals surface area contributed by atoms with E-state index in [2.05, 4.69) is 0 Å². The third-order valence-electron chi connectivity index (χ3n) is 1.63. The van der Waals surface area contributed by atoms with E-state index in [0.29, 0.717) is 5.56 Å². The van der Waals surface area contributed by atoms with Crippen LogP contribution in [0.2, 0.25) is 0 Å². The molecule has 0 aliphatic heterocycles. The third kappa shape index (κ3) is 3.18. The zero-order valence-corrected chi connectivity index (χ0v) is 8.41. The number of carboxylic acids is 1. The van der Waals surface area contributed by atoms with Crippen LogP contribution in [0, 0.1) is 0 Å². The van der Waals surface area contributed by atoms with Crippen molar-refractivity contribution in [1.29, 1.82) is 0 Å². The lowest BCUT2D eigenvalue weighted by molar-refractivity contribution is 0.0697. The summed E-state index contributed by atoms with van der Waals surface area (Å²) in [6.45, 7) is 0. The Morgan fingerprint density at radius 3 is 2.14 bits per heavy atom. The highest BCUT2D eigenvalue weighted by Gasteiger charge is 2.06. The van der Waals surface area contributed by atoms with Crippen LogP contribution >= 0.6 is 0 Å². The van der Waals surface area contributed by atoms with Crippen LogP contribution in [0.15, 0.2) is 24.3 Å². The van der Waals surface area contributed by atoms with Crippen molar-refractivity contribution < 1.29 is 18.3 Å². The average Bonchev–Trinajstić information content (AvgIpc) is 2.02. The lowest BCUT2D eigenvalue weighted by atomic mass is 10.1. The number of carbonyl (C=O) groups is 1. The SMILES string of the molecule is CS(=O)(=O)Cc1ccc(C(=O)O)cc1. The monoisotopic (exact) mass is 214 g/mol. The molecule has 5 heteroatoms. The van der Waals surface area contributed by atoms with Gasteiger partial charge in [-0.2, -0.15) is 0 Å². The summed E-state index contributed by atoms with van der Waals surface area (Å²) in [5.74, 6) is -1.08. The summed E-state index contributed by atoms with van der Waals surface area (Å²) in [6.07, 6.45) is 1.14. The molecule has 0 aliphatic rings. The zero-order chi connectivity index (χ0) is 10.8. The minimum Gasteiger partial charge on any atom is -0.478 e. The maximum atomic E-state index is 10.9. The van der Waals surface area contributed by atoms with Crippen molar-refractivity contribution >= 4 is 15.8 Å².